The van der Waals surface area contributed by atoms with E-state index >= 15 is 0 Å². The summed E-state index contributed by atoms with van der Waals surface area (Å²) in [5, 5.41) is 6.65. The average molecular weight is 167 g/mol. The standard InChI is InChI=1S/C9H17N3/c1-12-7-11-6-9(12)8-2-4-10-5-3-8/h6,8,10-11H,2-5,7H2,1H3. The molecule has 0 bridgehead atoms. The number of rotatable bonds is 1. The van der Waals surface area contributed by atoms with Crippen LogP contribution in [-0.2, 0) is 0 Å². The Bertz CT molecular complexity index is 182. The minimum absolute atomic E-state index is 0.784. The van der Waals surface area contributed by atoms with E-state index in [2.05, 4.69) is 28.8 Å². The smallest absolute Gasteiger partial charge is 0.0867 e. The highest BCUT2D eigenvalue weighted by molar-refractivity contribution is 5.09. The molecule has 2 N–H and O–H groups in total. The van der Waals surface area contributed by atoms with Gasteiger partial charge in [0.2, 0.25) is 0 Å². The predicted octanol–water partition coefficient (Wildman–Crippen LogP) is 0.320. The van der Waals surface area contributed by atoms with Crippen LogP contribution in [0.2, 0.25) is 0 Å². The molecule has 0 spiro atoms. The zero-order valence-electron chi connectivity index (χ0n) is 7.64. The van der Waals surface area contributed by atoms with Crippen LogP contribution in [0.15, 0.2) is 11.9 Å². The minimum atomic E-state index is 0.784. The number of piperidine rings is 1. The highest BCUT2D eigenvalue weighted by Crippen LogP contribution is 2.24. The quantitative estimate of drug-likeness (QED) is 0.589. The molecule has 12 heavy (non-hydrogen) atoms. The lowest BCUT2D eigenvalue weighted by atomic mass is 9.94. The fourth-order valence-corrected chi connectivity index (χ4v) is 2.04. The third-order valence-electron chi connectivity index (χ3n) is 2.78. The van der Waals surface area contributed by atoms with E-state index in [1.807, 2.05) is 0 Å². The van der Waals surface area contributed by atoms with Crippen LogP contribution in [0.3, 0.4) is 0 Å². The number of hydrogen-bond acceptors (Lipinski definition) is 3. The number of hydrogen-bond donors (Lipinski definition) is 2. The molecule has 0 aromatic rings. The van der Waals surface area contributed by atoms with Crippen LogP contribution in [0.25, 0.3) is 0 Å². The maximum absolute atomic E-state index is 3.39. The highest BCUT2D eigenvalue weighted by atomic mass is 15.3. The molecule has 1 saturated heterocycles. The van der Waals surface area contributed by atoms with Crippen LogP contribution in [0.1, 0.15) is 12.8 Å². The zero-order valence-corrected chi connectivity index (χ0v) is 7.64. The summed E-state index contributed by atoms with van der Waals surface area (Å²) >= 11 is 0. The molecule has 0 aromatic heterocycles. The topological polar surface area (TPSA) is 27.3 Å². The van der Waals surface area contributed by atoms with E-state index in [1.54, 1.807) is 0 Å². The van der Waals surface area contributed by atoms with Gasteiger partial charge in [-0.2, -0.15) is 0 Å². The van der Waals surface area contributed by atoms with Crippen LogP contribution in [0, 0.1) is 5.92 Å². The molecule has 2 heterocycles. The van der Waals surface area contributed by atoms with Gasteiger partial charge in [-0.3, -0.25) is 0 Å². The van der Waals surface area contributed by atoms with Crippen LogP contribution in [0.5, 0.6) is 0 Å². The molecule has 3 heteroatoms. The molecule has 2 aliphatic heterocycles. The number of nitrogens with zero attached hydrogens (tertiary/aromatic N) is 1. The van der Waals surface area contributed by atoms with Crippen molar-refractivity contribution in [3.63, 3.8) is 0 Å². The van der Waals surface area contributed by atoms with E-state index < -0.39 is 0 Å². The summed E-state index contributed by atoms with van der Waals surface area (Å²) in [6.07, 6.45) is 4.76. The van der Waals surface area contributed by atoms with Gasteiger partial charge in [-0.05, 0) is 25.9 Å². The lowest BCUT2D eigenvalue weighted by Crippen LogP contribution is -2.32. The third kappa shape index (κ3) is 1.41. The van der Waals surface area contributed by atoms with Crippen molar-refractivity contribution in [2.45, 2.75) is 12.8 Å². The Morgan fingerprint density at radius 2 is 2.17 bits per heavy atom. The van der Waals surface area contributed by atoms with Crippen LogP contribution >= 0.6 is 0 Å². The van der Waals surface area contributed by atoms with Crippen molar-refractivity contribution in [2.24, 2.45) is 5.92 Å². The summed E-state index contributed by atoms with van der Waals surface area (Å²) in [5.41, 5.74) is 1.50. The van der Waals surface area contributed by atoms with Crippen LogP contribution in [0.4, 0.5) is 0 Å². The second-order valence-corrected chi connectivity index (χ2v) is 3.65. The summed E-state index contributed by atoms with van der Waals surface area (Å²) in [6, 6.07) is 0. The van der Waals surface area contributed by atoms with E-state index in [4.69, 9.17) is 0 Å². The maximum atomic E-state index is 3.39. The summed E-state index contributed by atoms with van der Waals surface area (Å²) < 4.78 is 0. The second kappa shape index (κ2) is 3.35. The van der Waals surface area contributed by atoms with Gasteiger partial charge in [0.25, 0.3) is 0 Å². The summed E-state index contributed by atoms with van der Waals surface area (Å²) in [7, 11) is 2.16. The minimum Gasteiger partial charge on any atom is -0.372 e. The van der Waals surface area contributed by atoms with Crippen molar-refractivity contribution in [1.29, 1.82) is 0 Å². The van der Waals surface area contributed by atoms with E-state index in [0.717, 1.165) is 12.6 Å². The Morgan fingerprint density at radius 3 is 2.75 bits per heavy atom. The molecule has 0 radical (unpaired) electrons. The van der Waals surface area contributed by atoms with Gasteiger partial charge in [0, 0.05) is 24.9 Å². The number of nitrogens with one attached hydrogen (secondary N) is 2. The van der Waals surface area contributed by atoms with Crippen molar-refractivity contribution >= 4 is 0 Å². The molecule has 3 nitrogen and oxygen atoms in total. The van der Waals surface area contributed by atoms with E-state index in [-0.39, 0.29) is 0 Å². The Morgan fingerprint density at radius 1 is 1.42 bits per heavy atom. The predicted molar refractivity (Wildman–Crippen MR) is 49.4 cm³/mol. The molecule has 0 amide bonds. The molecule has 0 aromatic carbocycles. The molecular weight excluding hydrogens is 150 g/mol. The summed E-state index contributed by atoms with van der Waals surface area (Å²) in [6.45, 7) is 3.34. The van der Waals surface area contributed by atoms with Gasteiger partial charge in [0.1, 0.15) is 0 Å². The molecule has 2 rings (SSSR count). The molecule has 0 aliphatic carbocycles. The molecule has 1 fully saturated rings. The monoisotopic (exact) mass is 167 g/mol. The molecule has 0 saturated carbocycles. The first-order valence-electron chi connectivity index (χ1n) is 4.73. The first-order chi connectivity index (χ1) is 5.88. The van der Waals surface area contributed by atoms with E-state index in [1.165, 1.54) is 31.6 Å². The average Bonchev–Trinajstić information content (AvgIpc) is 2.53. The molecule has 68 valence electrons. The van der Waals surface area contributed by atoms with Gasteiger partial charge in [0.15, 0.2) is 0 Å². The van der Waals surface area contributed by atoms with Crippen molar-refractivity contribution in [1.82, 2.24) is 15.5 Å². The lowest BCUT2D eigenvalue weighted by Gasteiger charge is -2.27. The lowest BCUT2D eigenvalue weighted by molar-refractivity contribution is 0.328. The number of allylic oxidation sites excluding steroid dienone is 1. The van der Waals surface area contributed by atoms with Crippen molar-refractivity contribution in [2.75, 3.05) is 26.8 Å². The molecular formula is C9H17N3. The molecule has 0 atom stereocenters. The fourth-order valence-electron chi connectivity index (χ4n) is 2.04. The van der Waals surface area contributed by atoms with Gasteiger partial charge in [-0.1, -0.05) is 0 Å². The van der Waals surface area contributed by atoms with Crippen LogP contribution < -0.4 is 10.6 Å². The van der Waals surface area contributed by atoms with Crippen molar-refractivity contribution < 1.29 is 0 Å². The summed E-state index contributed by atoms with van der Waals surface area (Å²) in [4.78, 5) is 2.32. The normalized spacial score (nSPS) is 25.4. The third-order valence-corrected chi connectivity index (χ3v) is 2.78. The molecule has 2 aliphatic rings. The largest absolute Gasteiger partial charge is 0.372 e. The first-order valence-corrected chi connectivity index (χ1v) is 4.73. The van der Waals surface area contributed by atoms with E-state index in [9.17, 15) is 0 Å². The SMILES string of the molecule is CN1CNC=C1C1CCNCC1. The van der Waals surface area contributed by atoms with Gasteiger partial charge in [0.05, 0.1) is 6.67 Å². The first kappa shape index (κ1) is 7.92. The van der Waals surface area contributed by atoms with Crippen LogP contribution in [-0.4, -0.2) is 31.7 Å². The Balaban J connectivity index is 1.97. The fraction of sp³-hybridized carbons (Fsp3) is 0.778. The Labute approximate surface area is 73.8 Å². The second-order valence-electron chi connectivity index (χ2n) is 3.65. The molecule has 0 unspecified atom stereocenters. The van der Waals surface area contributed by atoms with Gasteiger partial charge < -0.3 is 15.5 Å². The van der Waals surface area contributed by atoms with E-state index in [0.29, 0.717) is 0 Å². The zero-order chi connectivity index (χ0) is 8.39. The van der Waals surface area contributed by atoms with Gasteiger partial charge >= 0.3 is 0 Å². The Hall–Kier alpha value is -0.700. The van der Waals surface area contributed by atoms with Gasteiger partial charge in [-0.15, -0.1) is 0 Å². The van der Waals surface area contributed by atoms with Crippen molar-refractivity contribution in [3.8, 4) is 0 Å². The Kier molecular flexibility index (Phi) is 2.21. The van der Waals surface area contributed by atoms with Crippen molar-refractivity contribution in [3.05, 3.63) is 11.9 Å². The van der Waals surface area contributed by atoms with Gasteiger partial charge in [-0.25, -0.2) is 0 Å². The maximum Gasteiger partial charge on any atom is 0.0867 e. The summed E-state index contributed by atoms with van der Waals surface area (Å²) in [5.74, 6) is 0.784. The highest BCUT2D eigenvalue weighted by Gasteiger charge is 2.22.